The van der Waals surface area contributed by atoms with Crippen LogP contribution in [0.15, 0.2) is 29.2 Å². The minimum Gasteiger partial charge on any atom is -0.437 e. The number of sulfone groups is 1. The van der Waals surface area contributed by atoms with Crippen molar-refractivity contribution in [2.45, 2.75) is 24.7 Å². The third kappa shape index (κ3) is 4.58. The first-order valence-corrected chi connectivity index (χ1v) is 12.4. The molecule has 31 heavy (non-hydrogen) atoms. The maximum Gasteiger partial charge on any atom is 0.246 e. The van der Waals surface area contributed by atoms with Crippen LogP contribution in [0.2, 0.25) is 5.02 Å². The summed E-state index contributed by atoms with van der Waals surface area (Å²) >= 11 is 6.68. The van der Waals surface area contributed by atoms with E-state index in [2.05, 4.69) is 11.9 Å². The van der Waals surface area contributed by atoms with Crippen LogP contribution in [0.4, 0.5) is 15.9 Å². The second kappa shape index (κ2) is 9.18. The highest BCUT2D eigenvalue weighted by molar-refractivity contribution is 7.91. The number of rotatable bonds is 6. The largest absolute Gasteiger partial charge is 0.437 e. The van der Waals surface area contributed by atoms with Crippen LogP contribution in [0.25, 0.3) is 0 Å². The lowest BCUT2D eigenvalue weighted by molar-refractivity contribution is 0.122. The molecule has 0 bridgehead atoms. The zero-order valence-corrected chi connectivity index (χ0v) is 18.9. The van der Waals surface area contributed by atoms with Gasteiger partial charge in [0.2, 0.25) is 5.88 Å². The summed E-state index contributed by atoms with van der Waals surface area (Å²) in [5.41, 5.74) is 0.381. The van der Waals surface area contributed by atoms with E-state index in [-0.39, 0.29) is 27.4 Å². The second-order valence-electron chi connectivity index (χ2n) is 7.55. The van der Waals surface area contributed by atoms with Crippen molar-refractivity contribution in [1.29, 1.82) is 0 Å². The van der Waals surface area contributed by atoms with Gasteiger partial charge in [0.25, 0.3) is 0 Å². The van der Waals surface area contributed by atoms with Crippen LogP contribution in [0.5, 0.6) is 11.6 Å². The van der Waals surface area contributed by atoms with Gasteiger partial charge in [-0.25, -0.2) is 12.8 Å². The maximum absolute atomic E-state index is 13.4. The summed E-state index contributed by atoms with van der Waals surface area (Å²) in [6, 6.07) is 5.54. The predicted octanol–water partition coefficient (Wildman–Crippen LogP) is 3.90. The van der Waals surface area contributed by atoms with Gasteiger partial charge in [0, 0.05) is 26.2 Å². The molecule has 0 saturated carbocycles. The van der Waals surface area contributed by atoms with Crippen molar-refractivity contribution in [1.82, 2.24) is 4.98 Å². The van der Waals surface area contributed by atoms with Crippen molar-refractivity contribution in [2.75, 3.05) is 54.9 Å². The quantitative estimate of drug-likeness (QED) is 0.635. The Morgan fingerprint density at radius 1 is 1.19 bits per heavy atom. The fourth-order valence-electron chi connectivity index (χ4n) is 3.75. The summed E-state index contributed by atoms with van der Waals surface area (Å²) in [6.45, 7) is 5.15. The Hall–Kier alpha value is -2.10. The average molecular weight is 470 g/mol. The molecular formula is C21H25ClFN3O4S. The van der Waals surface area contributed by atoms with Gasteiger partial charge in [-0.15, -0.1) is 0 Å². The normalized spacial score (nSPS) is 18.0. The van der Waals surface area contributed by atoms with E-state index in [1.165, 1.54) is 24.3 Å². The Morgan fingerprint density at radius 3 is 2.58 bits per heavy atom. The van der Waals surface area contributed by atoms with E-state index in [9.17, 15) is 12.8 Å². The molecule has 7 nitrogen and oxygen atoms in total. The van der Waals surface area contributed by atoms with Crippen LogP contribution in [0.3, 0.4) is 0 Å². The third-order valence-corrected chi connectivity index (χ3v) is 7.61. The molecule has 1 fully saturated rings. The lowest BCUT2D eigenvalue weighted by atomic mass is 10.2. The van der Waals surface area contributed by atoms with Gasteiger partial charge in [-0.2, -0.15) is 4.98 Å². The monoisotopic (exact) mass is 469 g/mol. The third-order valence-electron chi connectivity index (χ3n) is 5.40. The van der Waals surface area contributed by atoms with Crippen LogP contribution < -0.4 is 14.5 Å². The molecular weight excluding hydrogens is 445 g/mol. The van der Waals surface area contributed by atoms with Gasteiger partial charge in [-0.3, -0.25) is 0 Å². The van der Waals surface area contributed by atoms with E-state index in [0.29, 0.717) is 56.6 Å². The molecule has 2 aliphatic rings. The number of morpholine rings is 1. The molecule has 4 rings (SSSR count). The number of hydrogen-bond donors (Lipinski definition) is 0. The fourth-order valence-corrected chi connectivity index (χ4v) is 5.89. The van der Waals surface area contributed by atoms with Gasteiger partial charge in [0.1, 0.15) is 27.2 Å². The first kappa shape index (κ1) is 22.1. The van der Waals surface area contributed by atoms with E-state index in [1.54, 1.807) is 0 Å². The number of unbranched alkanes of at least 4 members (excludes halogenated alkanes) is 1. The topological polar surface area (TPSA) is 72.0 Å². The number of halogens is 2. The van der Waals surface area contributed by atoms with E-state index < -0.39 is 9.84 Å². The highest BCUT2D eigenvalue weighted by Crippen LogP contribution is 2.47. The van der Waals surface area contributed by atoms with E-state index >= 15 is 0 Å². The molecule has 1 aromatic heterocycles. The zero-order chi connectivity index (χ0) is 22.0. The van der Waals surface area contributed by atoms with Gasteiger partial charge < -0.3 is 19.3 Å². The van der Waals surface area contributed by atoms with Gasteiger partial charge in [-0.1, -0.05) is 24.9 Å². The van der Waals surface area contributed by atoms with Gasteiger partial charge in [-0.05, 0) is 30.7 Å². The highest BCUT2D eigenvalue weighted by atomic mass is 35.5. The predicted molar refractivity (Wildman–Crippen MR) is 118 cm³/mol. The molecule has 2 aromatic rings. The smallest absolute Gasteiger partial charge is 0.246 e. The molecule has 0 aliphatic carbocycles. The summed E-state index contributed by atoms with van der Waals surface area (Å²) in [5.74, 6) is 0.476. The minimum atomic E-state index is -3.62. The minimum absolute atomic E-state index is 0.0218. The molecule has 10 heteroatoms. The molecule has 2 aliphatic heterocycles. The number of fused-ring (bicyclic) bond motifs is 1. The molecule has 0 atom stereocenters. The zero-order valence-electron chi connectivity index (χ0n) is 17.3. The van der Waals surface area contributed by atoms with Gasteiger partial charge in [0.15, 0.2) is 15.7 Å². The van der Waals surface area contributed by atoms with Crippen molar-refractivity contribution < 1.29 is 22.3 Å². The fraction of sp³-hybridized carbons (Fsp3) is 0.476. The first-order valence-electron chi connectivity index (χ1n) is 10.4. The number of benzene rings is 1. The first-order chi connectivity index (χ1) is 14.9. The number of pyridine rings is 1. The van der Waals surface area contributed by atoms with Gasteiger partial charge in [0.05, 0.1) is 19.0 Å². The average Bonchev–Trinajstić information content (AvgIpc) is 2.76. The Morgan fingerprint density at radius 2 is 1.90 bits per heavy atom. The van der Waals surface area contributed by atoms with E-state index in [0.717, 1.165) is 12.8 Å². The van der Waals surface area contributed by atoms with Crippen LogP contribution in [0, 0.1) is 5.82 Å². The summed E-state index contributed by atoms with van der Waals surface area (Å²) < 4.78 is 51.0. The molecule has 0 radical (unpaired) electrons. The lowest BCUT2D eigenvalue weighted by Crippen LogP contribution is -2.39. The van der Waals surface area contributed by atoms with E-state index in [4.69, 9.17) is 21.1 Å². The number of aromatic nitrogens is 1. The van der Waals surface area contributed by atoms with Crippen molar-refractivity contribution in [3.8, 4) is 11.6 Å². The SMILES string of the molecule is CCCCN1CCS(=O)(=O)c2c(Cl)c(N3CCOCC3)nc(Oc3ccc(F)cc3)c21. The Labute approximate surface area is 186 Å². The summed E-state index contributed by atoms with van der Waals surface area (Å²) in [7, 11) is -3.62. The molecule has 0 spiro atoms. The van der Waals surface area contributed by atoms with Crippen LogP contribution in [-0.2, 0) is 14.6 Å². The van der Waals surface area contributed by atoms with Crippen molar-refractivity contribution in [3.05, 3.63) is 35.1 Å². The van der Waals surface area contributed by atoms with E-state index in [1.807, 2.05) is 9.80 Å². The van der Waals surface area contributed by atoms with Crippen LogP contribution >= 0.6 is 11.6 Å². The van der Waals surface area contributed by atoms with Crippen LogP contribution in [-0.4, -0.2) is 58.5 Å². The number of anilines is 2. The number of nitrogens with zero attached hydrogens (tertiary/aromatic N) is 3. The Balaban J connectivity index is 1.88. The Kier molecular flexibility index (Phi) is 6.55. The van der Waals surface area contributed by atoms with Crippen molar-refractivity contribution in [3.63, 3.8) is 0 Å². The standard InChI is InChI=1S/C21H25ClFN3O4S/c1-2-3-8-25-11-14-31(27,28)19-17(22)20(26-9-12-29-13-10-26)24-21(18(19)25)30-16-6-4-15(23)5-7-16/h4-7H,2-3,8-14H2,1H3. The summed E-state index contributed by atoms with van der Waals surface area (Å²) in [4.78, 5) is 8.61. The molecule has 0 unspecified atom stereocenters. The summed E-state index contributed by atoms with van der Waals surface area (Å²) in [5, 5.41) is 0.115. The molecule has 168 valence electrons. The lowest BCUT2D eigenvalue weighted by Gasteiger charge is -2.35. The Bertz CT molecular complexity index is 1040. The molecule has 1 aromatic carbocycles. The van der Waals surface area contributed by atoms with Crippen molar-refractivity contribution >= 4 is 32.9 Å². The molecule has 1 saturated heterocycles. The number of hydrogen-bond acceptors (Lipinski definition) is 7. The molecule has 0 N–H and O–H groups in total. The molecule has 0 amide bonds. The highest BCUT2D eigenvalue weighted by Gasteiger charge is 2.37. The second-order valence-corrected chi connectivity index (χ2v) is 9.97. The number of ether oxygens (including phenoxy) is 2. The summed E-state index contributed by atoms with van der Waals surface area (Å²) in [6.07, 6.45) is 1.85. The maximum atomic E-state index is 13.4. The molecule has 3 heterocycles. The van der Waals surface area contributed by atoms with Crippen molar-refractivity contribution in [2.24, 2.45) is 0 Å². The van der Waals surface area contributed by atoms with Gasteiger partial charge >= 0.3 is 0 Å². The van der Waals surface area contributed by atoms with Crippen LogP contribution in [0.1, 0.15) is 19.8 Å².